The number of methoxy groups -OCH3 is 2. The molecule has 0 unspecified atom stereocenters. The SMILES string of the molecule is CCOC(=O)C(=O)c1cc(OC)c(C(C)C)cc1OC. The Morgan fingerprint density at radius 3 is 2.15 bits per heavy atom. The van der Waals surface area contributed by atoms with E-state index in [1.165, 1.54) is 20.3 Å². The molecular formula is C15H20O5. The van der Waals surface area contributed by atoms with E-state index in [0.29, 0.717) is 11.5 Å². The normalized spacial score (nSPS) is 10.3. The van der Waals surface area contributed by atoms with Crippen LogP contribution in [0, 0.1) is 0 Å². The summed E-state index contributed by atoms with van der Waals surface area (Å²) in [6, 6.07) is 3.24. The smallest absolute Gasteiger partial charge is 0.379 e. The zero-order valence-corrected chi connectivity index (χ0v) is 12.5. The second-order valence-electron chi connectivity index (χ2n) is 4.50. The summed E-state index contributed by atoms with van der Waals surface area (Å²) >= 11 is 0. The Balaban J connectivity index is 3.32. The van der Waals surface area contributed by atoms with Gasteiger partial charge < -0.3 is 14.2 Å². The lowest BCUT2D eigenvalue weighted by Gasteiger charge is -2.16. The Labute approximate surface area is 118 Å². The van der Waals surface area contributed by atoms with Crippen LogP contribution in [-0.2, 0) is 9.53 Å². The number of Topliss-reactive ketones (excluding diaryl/α,β-unsaturated/α-hetero) is 1. The molecule has 0 saturated heterocycles. The van der Waals surface area contributed by atoms with Gasteiger partial charge in [-0.2, -0.15) is 0 Å². The summed E-state index contributed by atoms with van der Waals surface area (Å²) in [6.07, 6.45) is 0. The maximum atomic E-state index is 12.1. The van der Waals surface area contributed by atoms with Crippen LogP contribution in [-0.4, -0.2) is 32.6 Å². The number of hydrogen-bond donors (Lipinski definition) is 0. The highest BCUT2D eigenvalue weighted by atomic mass is 16.5. The number of rotatable bonds is 6. The number of benzene rings is 1. The summed E-state index contributed by atoms with van der Waals surface area (Å²) in [5.41, 5.74) is 1.05. The minimum atomic E-state index is -0.898. The fraction of sp³-hybridized carbons (Fsp3) is 0.467. The van der Waals surface area contributed by atoms with E-state index in [4.69, 9.17) is 14.2 Å². The van der Waals surface area contributed by atoms with E-state index < -0.39 is 11.8 Å². The Kier molecular flexibility index (Phi) is 5.55. The van der Waals surface area contributed by atoms with E-state index in [2.05, 4.69) is 0 Å². The molecule has 1 aromatic carbocycles. The van der Waals surface area contributed by atoms with Crippen molar-refractivity contribution in [2.24, 2.45) is 0 Å². The number of carbonyl (C=O) groups is 2. The van der Waals surface area contributed by atoms with E-state index in [0.717, 1.165) is 5.56 Å². The molecule has 0 radical (unpaired) electrons. The summed E-state index contributed by atoms with van der Waals surface area (Å²) in [6.45, 7) is 5.80. The van der Waals surface area contributed by atoms with Crippen molar-refractivity contribution >= 4 is 11.8 Å². The molecule has 1 rings (SSSR count). The molecule has 0 atom stereocenters. The van der Waals surface area contributed by atoms with Gasteiger partial charge in [0.25, 0.3) is 5.78 Å². The van der Waals surface area contributed by atoms with Crippen LogP contribution >= 0.6 is 0 Å². The highest BCUT2D eigenvalue weighted by Crippen LogP contribution is 2.33. The van der Waals surface area contributed by atoms with Crippen LogP contribution in [0.5, 0.6) is 11.5 Å². The standard InChI is InChI=1S/C15H20O5/c1-6-20-15(17)14(16)11-8-12(18-4)10(9(2)3)7-13(11)19-5/h7-9H,6H2,1-5H3. The highest BCUT2D eigenvalue weighted by molar-refractivity contribution is 6.41. The Bertz CT molecular complexity index is 505. The van der Waals surface area contributed by atoms with Crippen molar-refractivity contribution in [2.75, 3.05) is 20.8 Å². The molecule has 0 spiro atoms. The molecule has 0 amide bonds. The van der Waals surface area contributed by atoms with Gasteiger partial charge in [-0.15, -0.1) is 0 Å². The van der Waals surface area contributed by atoms with Crippen molar-refractivity contribution in [2.45, 2.75) is 26.7 Å². The fourth-order valence-corrected chi connectivity index (χ4v) is 1.86. The zero-order chi connectivity index (χ0) is 15.3. The molecule has 1 aromatic rings. The largest absolute Gasteiger partial charge is 0.496 e. The van der Waals surface area contributed by atoms with E-state index in [1.807, 2.05) is 13.8 Å². The van der Waals surface area contributed by atoms with Gasteiger partial charge in [-0.05, 0) is 25.0 Å². The number of ketones is 1. The number of carbonyl (C=O) groups excluding carboxylic acids is 2. The van der Waals surface area contributed by atoms with Crippen LogP contribution in [0.15, 0.2) is 12.1 Å². The van der Waals surface area contributed by atoms with E-state index in [-0.39, 0.29) is 18.1 Å². The lowest BCUT2D eigenvalue weighted by Crippen LogP contribution is -2.18. The van der Waals surface area contributed by atoms with Gasteiger partial charge in [0.2, 0.25) is 0 Å². The maximum Gasteiger partial charge on any atom is 0.379 e. The van der Waals surface area contributed by atoms with Gasteiger partial charge in [0.1, 0.15) is 11.5 Å². The lowest BCUT2D eigenvalue weighted by molar-refractivity contribution is -0.137. The molecule has 0 N–H and O–H groups in total. The minimum absolute atomic E-state index is 0.146. The predicted octanol–water partition coefficient (Wildman–Crippen LogP) is 2.57. The molecule has 0 heterocycles. The van der Waals surface area contributed by atoms with Crippen molar-refractivity contribution in [1.29, 1.82) is 0 Å². The number of ether oxygens (including phenoxy) is 3. The summed E-state index contributed by atoms with van der Waals surface area (Å²) < 4.78 is 15.2. The van der Waals surface area contributed by atoms with Crippen LogP contribution in [0.3, 0.4) is 0 Å². The second-order valence-corrected chi connectivity index (χ2v) is 4.50. The van der Waals surface area contributed by atoms with E-state index >= 15 is 0 Å². The monoisotopic (exact) mass is 280 g/mol. The molecule has 0 fully saturated rings. The third-order valence-electron chi connectivity index (χ3n) is 2.88. The van der Waals surface area contributed by atoms with Crippen molar-refractivity contribution in [3.05, 3.63) is 23.3 Å². The minimum Gasteiger partial charge on any atom is -0.496 e. The maximum absolute atomic E-state index is 12.1. The van der Waals surface area contributed by atoms with Gasteiger partial charge in [0.05, 0.1) is 26.4 Å². The van der Waals surface area contributed by atoms with Crippen LogP contribution in [0.25, 0.3) is 0 Å². The predicted molar refractivity (Wildman–Crippen MR) is 74.6 cm³/mol. The van der Waals surface area contributed by atoms with Gasteiger partial charge in [-0.3, -0.25) is 4.79 Å². The molecule has 20 heavy (non-hydrogen) atoms. The summed E-state index contributed by atoms with van der Waals surface area (Å²) in [4.78, 5) is 23.6. The Hall–Kier alpha value is -2.04. The van der Waals surface area contributed by atoms with Crippen LogP contribution in [0.4, 0.5) is 0 Å². The fourth-order valence-electron chi connectivity index (χ4n) is 1.86. The summed E-state index contributed by atoms with van der Waals surface area (Å²) in [5, 5.41) is 0. The third-order valence-corrected chi connectivity index (χ3v) is 2.88. The molecule has 0 aliphatic rings. The molecule has 0 aliphatic carbocycles. The van der Waals surface area contributed by atoms with Gasteiger partial charge in [0.15, 0.2) is 0 Å². The average molecular weight is 280 g/mol. The first-order chi connectivity index (χ1) is 9.46. The highest BCUT2D eigenvalue weighted by Gasteiger charge is 2.24. The molecule has 0 bridgehead atoms. The molecule has 0 aliphatic heterocycles. The van der Waals surface area contributed by atoms with E-state index in [9.17, 15) is 9.59 Å². The lowest BCUT2D eigenvalue weighted by atomic mass is 9.98. The third kappa shape index (κ3) is 3.29. The van der Waals surface area contributed by atoms with E-state index in [1.54, 1.807) is 13.0 Å². The quantitative estimate of drug-likeness (QED) is 0.455. The first-order valence-electron chi connectivity index (χ1n) is 6.43. The molecule has 0 aromatic heterocycles. The van der Waals surface area contributed by atoms with Gasteiger partial charge in [-0.1, -0.05) is 13.8 Å². The summed E-state index contributed by atoms with van der Waals surface area (Å²) in [5.74, 6) is -0.547. The van der Waals surface area contributed by atoms with Crippen molar-refractivity contribution < 1.29 is 23.8 Å². The van der Waals surface area contributed by atoms with Gasteiger partial charge in [-0.25, -0.2) is 4.79 Å². The number of esters is 1. The van der Waals surface area contributed by atoms with Crippen LogP contribution < -0.4 is 9.47 Å². The van der Waals surface area contributed by atoms with Gasteiger partial charge in [0, 0.05) is 5.56 Å². The second kappa shape index (κ2) is 6.93. The summed E-state index contributed by atoms with van der Waals surface area (Å²) in [7, 11) is 2.97. The topological polar surface area (TPSA) is 61.8 Å². The number of hydrogen-bond acceptors (Lipinski definition) is 5. The molecule has 0 saturated carbocycles. The molecule has 110 valence electrons. The first kappa shape index (κ1) is 16.0. The molecular weight excluding hydrogens is 260 g/mol. The van der Waals surface area contributed by atoms with Crippen LogP contribution in [0.2, 0.25) is 0 Å². The molecule has 5 nitrogen and oxygen atoms in total. The van der Waals surface area contributed by atoms with Crippen molar-refractivity contribution in [3.63, 3.8) is 0 Å². The first-order valence-corrected chi connectivity index (χ1v) is 6.43. The van der Waals surface area contributed by atoms with Crippen molar-refractivity contribution in [3.8, 4) is 11.5 Å². The Morgan fingerprint density at radius 2 is 1.70 bits per heavy atom. The Morgan fingerprint density at radius 1 is 1.10 bits per heavy atom. The van der Waals surface area contributed by atoms with Crippen LogP contribution in [0.1, 0.15) is 42.6 Å². The zero-order valence-electron chi connectivity index (χ0n) is 12.5. The van der Waals surface area contributed by atoms with Crippen molar-refractivity contribution in [1.82, 2.24) is 0 Å². The van der Waals surface area contributed by atoms with Gasteiger partial charge >= 0.3 is 5.97 Å². The average Bonchev–Trinajstić information content (AvgIpc) is 2.44. The molecule has 5 heteroatoms.